The van der Waals surface area contributed by atoms with Gasteiger partial charge in [-0.15, -0.1) is 10.2 Å². The molecule has 0 saturated heterocycles. The largest absolute Gasteiger partial charge is 0.477 e. The molecule has 0 fully saturated rings. The van der Waals surface area contributed by atoms with Crippen LogP contribution in [-0.4, -0.2) is 32.2 Å². The Bertz CT molecular complexity index is 467. The van der Waals surface area contributed by atoms with E-state index in [-0.39, 0.29) is 0 Å². The maximum absolute atomic E-state index is 5.42. The summed E-state index contributed by atoms with van der Waals surface area (Å²) in [5, 5.41) is 13.7. The molecule has 2 aromatic rings. The lowest BCUT2D eigenvalue weighted by Crippen LogP contribution is -2.09. The quantitative estimate of drug-likeness (QED) is 0.733. The molecule has 0 saturated carbocycles. The van der Waals surface area contributed by atoms with Gasteiger partial charge in [0.15, 0.2) is 0 Å². The number of aryl methyl sites for hydroxylation is 1. The molecule has 2 aromatic heterocycles. The Balaban J connectivity index is 2.04. The van der Waals surface area contributed by atoms with Crippen molar-refractivity contribution in [3.63, 3.8) is 0 Å². The normalized spacial score (nSPS) is 14.4. The first-order chi connectivity index (χ1) is 7.43. The van der Waals surface area contributed by atoms with Crippen LogP contribution in [-0.2, 0) is 6.42 Å². The van der Waals surface area contributed by atoms with Crippen LogP contribution in [0.1, 0.15) is 12.0 Å². The van der Waals surface area contributed by atoms with E-state index in [9.17, 15) is 0 Å². The number of aromatic nitrogens is 5. The molecular weight excluding hydrogens is 194 g/mol. The van der Waals surface area contributed by atoms with Gasteiger partial charge in [-0.25, -0.2) is 4.98 Å². The summed E-state index contributed by atoms with van der Waals surface area (Å²) < 4.78 is 5.42. The van der Waals surface area contributed by atoms with Crippen molar-refractivity contribution in [2.75, 3.05) is 6.61 Å². The fraction of sp³-hybridized carbons (Fsp3) is 0.333. The summed E-state index contributed by atoms with van der Waals surface area (Å²) in [4.78, 5) is 4.23. The van der Waals surface area contributed by atoms with E-state index in [4.69, 9.17) is 4.74 Å². The van der Waals surface area contributed by atoms with Crippen LogP contribution in [0.5, 0.6) is 5.88 Å². The van der Waals surface area contributed by atoms with Gasteiger partial charge in [-0.3, -0.25) is 0 Å². The minimum Gasteiger partial charge on any atom is -0.477 e. The Morgan fingerprint density at radius 3 is 3.27 bits per heavy atom. The summed E-state index contributed by atoms with van der Waals surface area (Å²) >= 11 is 0. The lowest BCUT2D eigenvalue weighted by atomic mass is 10.1. The highest BCUT2D eigenvalue weighted by molar-refractivity contribution is 5.55. The summed E-state index contributed by atoms with van der Waals surface area (Å²) in [5.41, 5.74) is 1.98. The van der Waals surface area contributed by atoms with Gasteiger partial charge in [-0.1, -0.05) is 0 Å². The number of hydrogen-bond acceptors (Lipinski definition) is 5. The van der Waals surface area contributed by atoms with Crippen LogP contribution in [0.3, 0.4) is 0 Å². The zero-order valence-electron chi connectivity index (χ0n) is 7.97. The zero-order chi connectivity index (χ0) is 10.1. The molecule has 3 heterocycles. The minimum absolute atomic E-state index is 0.566. The number of aromatic amines is 1. The van der Waals surface area contributed by atoms with Crippen molar-refractivity contribution in [3.05, 3.63) is 17.8 Å². The van der Waals surface area contributed by atoms with Crippen LogP contribution >= 0.6 is 0 Å². The average molecular weight is 203 g/mol. The van der Waals surface area contributed by atoms with Gasteiger partial charge in [-0.2, -0.15) is 5.21 Å². The molecule has 1 aliphatic rings. The Morgan fingerprint density at radius 2 is 2.40 bits per heavy atom. The molecule has 0 atom stereocenters. The molecule has 76 valence electrons. The van der Waals surface area contributed by atoms with Crippen LogP contribution in [0.25, 0.3) is 11.4 Å². The molecule has 0 radical (unpaired) electrons. The monoisotopic (exact) mass is 203 g/mol. The second kappa shape index (κ2) is 3.30. The van der Waals surface area contributed by atoms with Crippen molar-refractivity contribution >= 4 is 0 Å². The van der Waals surface area contributed by atoms with Crippen molar-refractivity contribution in [2.45, 2.75) is 12.8 Å². The number of nitrogens with one attached hydrogen (secondary N) is 1. The number of fused-ring (bicyclic) bond motifs is 1. The number of H-pyrrole nitrogens is 1. The van der Waals surface area contributed by atoms with Crippen LogP contribution in [0.15, 0.2) is 12.3 Å². The van der Waals surface area contributed by atoms with E-state index in [1.807, 2.05) is 6.07 Å². The Morgan fingerprint density at radius 1 is 1.40 bits per heavy atom. The van der Waals surface area contributed by atoms with Crippen molar-refractivity contribution in [3.8, 4) is 17.3 Å². The summed E-state index contributed by atoms with van der Waals surface area (Å²) in [6.45, 7) is 0.752. The SMILES string of the molecule is c1nc2c(cc1-c1nn[nH]n1)CCCO2. The second-order valence-corrected chi connectivity index (χ2v) is 3.38. The van der Waals surface area contributed by atoms with Gasteiger partial charge in [0.25, 0.3) is 0 Å². The Hall–Kier alpha value is -1.98. The van der Waals surface area contributed by atoms with Crippen LogP contribution in [0, 0.1) is 0 Å². The summed E-state index contributed by atoms with van der Waals surface area (Å²) in [6.07, 6.45) is 3.73. The van der Waals surface area contributed by atoms with Crippen molar-refractivity contribution in [2.24, 2.45) is 0 Å². The smallest absolute Gasteiger partial charge is 0.216 e. The van der Waals surface area contributed by atoms with Gasteiger partial charge < -0.3 is 4.74 Å². The standard InChI is InChI=1S/C9H9N5O/c1-2-6-4-7(8-11-13-14-12-8)5-10-9(6)15-3-1/h4-5H,1-3H2,(H,11,12,13,14). The Kier molecular flexibility index (Phi) is 1.84. The molecule has 3 rings (SSSR count). The highest BCUT2D eigenvalue weighted by Crippen LogP contribution is 2.25. The third-order valence-corrected chi connectivity index (χ3v) is 2.36. The first kappa shape index (κ1) is 8.34. The fourth-order valence-electron chi connectivity index (χ4n) is 1.64. The van der Waals surface area contributed by atoms with Gasteiger partial charge in [0.2, 0.25) is 11.7 Å². The van der Waals surface area contributed by atoms with E-state index in [2.05, 4.69) is 25.6 Å². The van der Waals surface area contributed by atoms with E-state index in [1.54, 1.807) is 6.20 Å². The van der Waals surface area contributed by atoms with Crippen molar-refractivity contribution in [1.82, 2.24) is 25.6 Å². The van der Waals surface area contributed by atoms with Gasteiger partial charge in [0, 0.05) is 17.3 Å². The van der Waals surface area contributed by atoms with Crippen molar-refractivity contribution < 1.29 is 4.74 Å². The minimum atomic E-state index is 0.566. The lowest BCUT2D eigenvalue weighted by Gasteiger charge is -2.15. The highest BCUT2D eigenvalue weighted by atomic mass is 16.5. The molecule has 0 amide bonds. The van der Waals surface area contributed by atoms with E-state index in [0.717, 1.165) is 36.5 Å². The third-order valence-electron chi connectivity index (χ3n) is 2.36. The van der Waals surface area contributed by atoms with Crippen LogP contribution < -0.4 is 4.74 Å². The summed E-state index contributed by atoms with van der Waals surface area (Å²) in [5.74, 6) is 1.30. The van der Waals surface area contributed by atoms with Gasteiger partial charge in [0.05, 0.1) is 6.61 Å². The molecule has 15 heavy (non-hydrogen) atoms. The number of pyridine rings is 1. The van der Waals surface area contributed by atoms with Gasteiger partial charge >= 0.3 is 0 Å². The molecule has 0 unspecified atom stereocenters. The summed E-state index contributed by atoms with van der Waals surface area (Å²) in [6, 6.07) is 2.01. The molecule has 1 aliphatic heterocycles. The van der Waals surface area contributed by atoms with E-state index >= 15 is 0 Å². The number of nitrogens with zero attached hydrogens (tertiary/aromatic N) is 4. The second-order valence-electron chi connectivity index (χ2n) is 3.38. The first-order valence-electron chi connectivity index (χ1n) is 4.79. The molecular formula is C9H9N5O. The third kappa shape index (κ3) is 1.43. The zero-order valence-corrected chi connectivity index (χ0v) is 7.97. The fourth-order valence-corrected chi connectivity index (χ4v) is 1.64. The lowest BCUT2D eigenvalue weighted by molar-refractivity contribution is 0.276. The molecule has 0 spiro atoms. The molecule has 6 nitrogen and oxygen atoms in total. The molecule has 0 aliphatic carbocycles. The average Bonchev–Trinajstić information content (AvgIpc) is 2.82. The molecule has 0 bridgehead atoms. The summed E-state index contributed by atoms with van der Waals surface area (Å²) in [7, 11) is 0. The van der Waals surface area contributed by atoms with Crippen LogP contribution in [0.4, 0.5) is 0 Å². The van der Waals surface area contributed by atoms with Gasteiger partial charge in [0.1, 0.15) is 0 Å². The number of rotatable bonds is 1. The van der Waals surface area contributed by atoms with Crippen molar-refractivity contribution in [1.29, 1.82) is 0 Å². The number of ether oxygens (including phenoxy) is 1. The van der Waals surface area contributed by atoms with E-state index in [0.29, 0.717) is 5.82 Å². The molecule has 0 aromatic carbocycles. The van der Waals surface area contributed by atoms with Crippen LogP contribution in [0.2, 0.25) is 0 Å². The predicted octanol–water partition coefficient (Wildman–Crippen LogP) is 0.587. The first-order valence-corrected chi connectivity index (χ1v) is 4.79. The topological polar surface area (TPSA) is 76.6 Å². The van der Waals surface area contributed by atoms with Gasteiger partial charge in [-0.05, 0) is 24.1 Å². The number of hydrogen-bond donors (Lipinski definition) is 1. The predicted molar refractivity (Wildman–Crippen MR) is 51.2 cm³/mol. The molecule has 6 heteroatoms. The maximum Gasteiger partial charge on any atom is 0.216 e. The maximum atomic E-state index is 5.42. The number of tetrazole rings is 1. The van der Waals surface area contributed by atoms with E-state index in [1.165, 1.54) is 0 Å². The highest BCUT2D eigenvalue weighted by Gasteiger charge is 2.13. The molecule has 1 N–H and O–H groups in total. The Labute approximate surface area is 85.7 Å². The van der Waals surface area contributed by atoms with E-state index < -0.39 is 0 Å².